The van der Waals surface area contributed by atoms with E-state index < -0.39 is 5.91 Å². The van der Waals surface area contributed by atoms with E-state index in [9.17, 15) is 9.59 Å². The Kier molecular flexibility index (Phi) is 4.22. The van der Waals surface area contributed by atoms with E-state index in [1.807, 2.05) is 13.0 Å². The van der Waals surface area contributed by atoms with Crippen LogP contribution in [-0.2, 0) is 9.47 Å². The standard InChI is InChI=1S/C16H17NO5/c1-10-2-3-12-13(18)7-15(22-14(12)6-10)16(19)17-8-11-9-20-4-5-21-11/h2-3,6-7,11H,4-5,8-9H2,1H3,(H,17,19)/t11-/m0/s1. The van der Waals surface area contributed by atoms with Gasteiger partial charge in [0.15, 0.2) is 11.2 Å². The zero-order valence-electron chi connectivity index (χ0n) is 12.3. The summed E-state index contributed by atoms with van der Waals surface area (Å²) in [6.07, 6.45) is -0.174. The van der Waals surface area contributed by atoms with E-state index in [0.717, 1.165) is 5.56 Å². The lowest BCUT2D eigenvalue weighted by molar-refractivity contribution is -0.0856. The first-order valence-corrected chi connectivity index (χ1v) is 7.15. The van der Waals surface area contributed by atoms with Gasteiger partial charge in [-0.3, -0.25) is 9.59 Å². The molecule has 1 saturated heterocycles. The monoisotopic (exact) mass is 303 g/mol. The Labute approximate surface area is 127 Å². The Morgan fingerprint density at radius 3 is 2.95 bits per heavy atom. The Balaban J connectivity index is 1.77. The van der Waals surface area contributed by atoms with E-state index in [-0.39, 0.29) is 17.3 Å². The highest BCUT2D eigenvalue weighted by atomic mass is 16.6. The number of fused-ring (bicyclic) bond motifs is 1. The molecule has 2 heterocycles. The molecular formula is C16H17NO5. The second kappa shape index (κ2) is 6.29. The van der Waals surface area contributed by atoms with Gasteiger partial charge in [0.25, 0.3) is 5.91 Å². The molecule has 1 amide bonds. The summed E-state index contributed by atoms with van der Waals surface area (Å²) in [7, 11) is 0. The molecule has 0 aliphatic carbocycles. The topological polar surface area (TPSA) is 77.8 Å². The number of hydrogen-bond donors (Lipinski definition) is 1. The molecular weight excluding hydrogens is 286 g/mol. The number of benzene rings is 1. The van der Waals surface area contributed by atoms with Gasteiger partial charge in [0, 0.05) is 12.6 Å². The number of aryl methyl sites for hydroxylation is 1. The van der Waals surface area contributed by atoms with Crippen LogP contribution in [0.2, 0.25) is 0 Å². The maximum Gasteiger partial charge on any atom is 0.287 e. The summed E-state index contributed by atoms with van der Waals surface area (Å²) >= 11 is 0. The number of nitrogens with one attached hydrogen (secondary N) is 1. The van der Waals surface area contributed by atoms with Gasteiger partial charge in [-0.15, -0.1) is 0 Å². The molecule has 6 nitrogen and oxygen atoms in total. The van der Waals surface area contributed by atoms with Crippen molar-refractivity contribution in [1.29, 1.82) is 0 Å². The lowest BCUT2D eigenvalue weighted by atomic mass is 10.1. The Morgan fingerprint density at radius 2 is 2.18 bits per heavy atom. The van der Waals surface area contributed by atoms with Crippen molar-refractivity contribution in [1.82, 2.24) is 5.32 Å². The molecule has 0 spiro atoms. The second-order valence-electron chi connectivity index (χ2n) is 5.25. The highest BCUT2D eigenvalue weighted by molar-refractivity contribution is 5.93. The van der Waals surface area contributed by atoms with Gasteiger partial charge < -0.3 is 19.2 Å². The molecule has 1 N–H and O–H groups in total. The molecule has 1 atom stereocenters. The minimum atomic E-state index is -0.435. The first-order valence-electron chi connectivity index (χ1n) is 7.15. The molecule has 0 radical (unpaired) electrons. The molecule has 6 heteroatoms. The average molecular weight is 303 g/mol. The molecule has 0 saturated carbocycles. The van der Waals surface area contributed by atoms with Crippen LogP contribution in [0.4, 0.5) is 0 Å². The fourth-order valence-corrected chi connectivity index (χ4v) is 2.32. The molecule has 1 aliphatic rings. The first kappa shape index (κ1) is 14.7. The second-order valence-corrected chi connectivity index (χ2v) is 5.25. The summed E-state index contributed by atoms with van der Waals surface area (Å²) in [4.78, 5) is 24.2. The third kappa shape index (κ3) is 3.18. The molecule has 1 aromatic heterocycles. The van der Waals surface area contributed by atoms with Crippen molar-refractivity contribution in [3.63, 3.8) is 0 Å². The minimum absolute atomic E-state index is 0.000159. The van der Waals surface area contributed by atoms with Crippen LogP contribution in [0.1, 0.15) is 16.1 Å². The van der Waals surface area contributed by atoms with Gasteiger partial charge in [0.1, 0.15) is 5.58 Å². The van der Waals surface area contributed by atoms with E-state index in [4.69, 9.17) is 13.9 Å². The molecule has 116 valence electrons. The van der Waals surface area contributed by atoms with E-state index in [0.29, 0.717) is 37.3 Å². The highest BCUT2D eigenvalue weighted by Gasteiger charge is 2.17. The molecule has 2 aromatic rings. The van der Waals surface area contributed by atoms with Crippen molar-refractivity contribution >= 4 is 16.9 Å². The van der Waals surface area contributed by atoms with Gasteiger partial charge in [0.05, 0.1) is 31.3 Å². The van der Waals surface area contributed by atoms with Gasteiger partial charge in [0.2, 0.25) is 0 Å². The predicted octanol–water partition coefficient (Wildman–Crippen LogP) is 1.25. The Bertz CT molecular complexity index is 746. The Hall–Kier alpha value is -2.18. The summed E-state index contributed by atoms with van der Waals surface area (Å²) in [5.41, 5.74) is 1.14. The van der Waals surface area contributed by atoms with Gasteiger partial charge in [-0.25, -0.2) is 0 Å². The Morgan fingerprint density at radius 1 is 1.32 bits per heavy atom. The van der Waals surface area contributed by atoms with Crippen LogP contribution in [-0.4, -0.2) is 38.4 Å². The largest absolute Gasteiger partial charge is 0.451 e. The fraction of sp³-hybridized carbons (Fsp3) is 0.375. The highest BCUT2D eigenvalue weighted by Crippen LogP contribution is 2.14. The van der Waals surface area contributed by atoms with Crippen LogP contribution in [0, 0.1) is 6.92 Å². The van der Waals surface area contributed by atoms with Crippen molar-refractivity contribution in [3.05, 3.63) is 45.8 Å². The van der Waals surface area contributed by atoms with Crippen molar-refractivity contribution in [2.24, 2.45) is 0 Å². The van der Waals surface area contributed by atoms with Crippen LogP contribution in [0.3, 0.4) is 0 Å². The van der Waals surface area contributed by atoms with Crippen molar-refractivity contribution in [2.75, 3.05) is 26.4 Å². The van der Waals surface area contributed by atoms with Crippen molar-refractivity contribution in [2.45, 2.75) is 13.0 Å². The van der Waals surface area contributed by atoms with Crippen LogP contribution in [0.5, 0.6) is 0 Å². The molecule has 3 rings (SSSR count). The molecule has 1 aromatic carbocycles. The van der Waals surface area contributed by atoms with Crippen LogP contribution in [0.15, 0.2) is 33.5 Å². The summed E-state index contributed by atoms with van der Waals surface area (Å²) in [6, 6.07) is 6.49. The maximum absolute atomic E-state index is 12.1. The SMILES string of the molecule is Cc1ccc2c(=O)cc(C(=O)NC[C@H]3COCCO3)oc2c1. The fourth-order valence-electron chi connectivity index (χ4n) is 2.32. The third-order valence-corrected chi connectivity index (χ3v) is 3.48. The number of amides is 1. The third-order valence-electron chi connectivity index (χ3n) is 3.48. The van der Waals surface area contributed by atoms with Gasteiger partial charge in [-0.1, -0.05) is 6.07 Å². The number of hydrogen-bond acceptors (Lipinski definition) is 5. The van der Waals surface area contributed by atoms with Crippen molar-refractivity contribution in [3.8, 4) is 0 Å². The maximum atomic E-state index is 12.1. The van der Waals surface area contributed by atoms with Crippen molar-refractivity contribution < 1.29 is 18.7 Å². The molecule has 1 aliphatic heterocycles. The van der Waals surface area contributed by atoms with E-state index in [1.54, 1.807) is 12.1 Å². The molecule has 0 bridgehead atoms. The normalized spacial score (nSPS) is 18.3. The van der Waals surface area contributed by atoms with E-state index in [2.05, 4.69) is 5.32 Å². The quantitative estimate of drug-likeness (QED) is 0.923. The van der Waals surface area contributed by atoms with Crippen LogP contribution in [0.25, 0.3) is 11.0 Å². The number of carbonyl (C=O) groups excluding carboxylic acids is 1. The minimum Gasteiger partial charge on any atom is -0.451 e. The van der Waals surface area contributed by atoms with Gasteiger partial charge in [-0.05, 0) is 24.6 Å². The van der Waals surface area contributed by atoms with Gasteiger partial charge in [-0.2, -0.15) is 0 Å². The zero-order valence-corrected chi connectivity index (χ0v) is 12.3. The zero-order chi connectivity index (χ0) is 15.5. The molecule has 1 fully saturated rings. The van der Waals surface area contributed by atoms with E-state index in [1.165, 1.54) is 6.07 Å². The average Bonchev–Trinajstić information content (AvgIpc) is 2.53. The lowest BCUT2D eigenvalue weighted by Crippen LogP contribution is -2.39. The van der Waals surface area contributed by atoms with Crippen LogP contribution >= 0.6 is 0 Å². The van der Waals surface area contributed by atoms with Crippen LogP contribution < -0.4 is 10.7 Å². The molecule has 0 unspecified atom stereocenters. The summed E-state index contributed by atoms with van der Waals surface area (Å²) < 4.78 is 16.2. The smallest absolute Gasteiger partial charge is 0.287 e. The van der Waals surface area contributed by atoms with E-state index >= 15 is 0 Å². The number of ether oxygens (including phenoxy) is 2. The summed E-state index contributed by atoms with van der Waals surface area (Å²) in [5.74, 6) is -0.436. The summed E-state index contributed by atoms with van der Waals surface area (Å²) in [6.45, 7) is 3.75. The number of rotatable bonds is 3. The first-order chi connectivity index (χ1) is 10.6. The summed E-state index contributed by atoms with van der Waals surface area (Å²) in [5, 5.41) is 3.16. The van der Waals surface area contributed by atoms with Gasteiger partial charge >= 0.3 is 0 Å². The molecule has 22 heavy (non-hydrogen) atoms. The number of carbonyl (C=O) groups is 1. The predicted molar refractivity (Wildman–Crippen MR) is 80.1 cm³/mol. The lowest BCUT2D eigenvalue weighted by Gasteiger charge is -2.22.